The maximum Gasteiger partial charge on any atom is 0.251 e. The van der Waals surface area contributed by atoms with Gasteiger partial charge in [-0.15, -0.1) is 0 Å². The molecule has 5 nitrogen and oxygen atoms in total. The van der Waals surface area contributed by atoms with Gasteiger partial charge in [-0.3, -0.25) is 9.59 Å². The highest BCUT2D eigenvalue weighted by Crippen LogP contribution is 2.01. The molecule has 0 bridgehead atoms. The van der Waals surface area contributed by atoms with Crippen LogP contribution in [0, 0.1) is 0 Å². The third-order valence-electron chi connectivity index (χ3n) is 2.30. The second kappa shape index (κ2) is 7.10. The summed E-state index contributed by atoms with van der Waals surface area (Å²) in [4.78, 5) is 23.2. The molecule has 6 heteroatoms. The van der Waals surface area contributed by atoms with Crippen molar-refractivity contribution in [1.29, 1.82) is 0 Å². The molecule has 0 aliphatic rings. The standard InChI is InChI=1S/C12H19N3O2S/c1-3-18-8-9(2)14-11(16)7-15-6-10(13)4-5-12(15)17/h4-6,9H,3,7-8,13H2,1-2H3,(H,14,16). The number of anilines is 1. The molecule has 1 aromatic rings. The van der Waals surface area contributed by atoms with Gasteiger partial charge in [0.05, 0.1) is 0 Å². The lowest BCUT2D eigenvalue weighted by atomic mass is 10.3. The number of hydrogen-bond donors (Lipinski definition) is 2. The van der Waals surface area contributed by atoms with Gasteiger partial charge in [-0.25, -0.2) is 0 Å². The van der Waals surface area contributed by atoms with Crippen LogP contribution in [0.25, 0.3) is 0 Å². The summed E-state index contributed by atoms with van der Waals surface area (Å²) in [6, 6.07) is 2.98. The number of pyridine rings is 1. The fourth-order valence-corrected chi connectivity index (χ4v) is 2.16. The summed E-state index contributed by atoms with van der Waals surface area (Å²) >= 11 is 1.77. The Morgan fingerprint density at radius 2 is 2.28 bits per heavy atom. The van der Waals surface area contributed by atoms with Crippen molar-refractivity contribution in [2.24, 2.45) is 0 Å². The van der Waals surface area contributed by atoms with Crippen molar-refractivity contribution < 1.29 is 4.79 Å². The number of nitrogens with two attached hydrogens (primary N) is 1. The van der Waals surface area contributed by atoms with Crippen LogP contribution in [0.3, 0.4) is 0 Å². The fraction of sp³-hybridized carbons (Fsp3) is 0.500. The first-order valence-electron chi connectivity index (χ1n) is 5.86. The van der Waals surface area contributed by atoms with E-state index in [-0.39, 0.29) is 24.1 Å². The van der Waals surface area contributed by atoms with Crippen LogP contribution in [0.5, 0.6) is 0 Å². The summed E-state index contributed by atoms with van der Waals surface area (Å²) in [5.74, 6) is 1.72. The minimum atomic E-state index is -0.227. The van der Waals surface area contributed by atoms with E-state index in [9.17, 15) is 9.59 Å². The average Bonchev–Trinajstić information content (AvgIpc) is 2.31. The van der Waals surface area contributed by atoms with Crippen LogP contribution in [0.15, 0.2) is 23.1 Å². The molecular weight excluding hydrogens is 250 g/mol. The Labute approximate surface area is 111 Å². The zero-order valence-corrected chi connectivity index (χ0v) is 11.5. The molecule has 0 aliphatic heterocycles. The fourth-order valence-electron chi connectivity index (χ4n) is 1.48. The van der Waals surface area contributed by atoms with Crippen molar-refractivity contribution >= 4 is 23.4 Å². The lowest BCUT2D eigenvalue weighted by Gasteiger charge is -2.13. The first-order valence-corrected chi connectivity index (χ1v) is 7.01. The molecule has 0 aromatic carbocycles. The van der Waals surface area contributed by atoms with Crippen LogP contribution >= 0.6 is 11.8 Å². The molecule has 1 atom stereocenters. The van der Waals surface area contributed by atoms with Crippen molar-refractivity contribution in [2.45, 2.75) is 26.4 Å². The van der Waals surface area contributed by atoms with E-state index < -0.39 is 0 Å². The van der Waals surface area contributed by atoms with E-state index in [1.807, 2.05) is 6.92 Å². The molecule has 0 aliphatic carbocycles. The first kappa shape index (κ1) is 14.6. The van der Waals surface area contributed by atoms with Gasteiger partial charge >= 0.3 is 0 Å². The molecule has 0 radical (unpaired) electrons. The molecule has 0 spiro atoms. The second-order valence-corrected chi connectivity index (χ2v) is 5.38. The van der Waals surface area contributed by atoms with E-state index in [4.69, 9.17) is 5.73 Å². The van der Waals surface area contributed by atoms with Crippen molar-refractivity contribution in [3.63, 3.8) is 0 Å². The zero-order chi connectivity index (χ0) is 13.5. The summed E-state index contributed by atoms with van der Waals surface area (Å²) in [5, 5.41) is 2.85. The Kier molecular flexibility index (Phi) is 5.77. The smallest absolute Gasteiger partial charge is 0.251 e. The largest absolute Gasteiger partial charge is 0.398 e. The van der Waals surface area contributed by atoms with Gasteiger partial charge in [0, 0.05) is 29.7 Å². The van der Waals surface area contributed by atoms with Crippen LogP contribution in [-0.2, 0) is 11.3 Å². The highest BCUT2D eigenvalue weighted by molar-refractivity contribution is 7.99. The number of amides is 1. The van der Waals surface area contributed by atoms with E-state index in [1.165, 1.54) is 22.9 Å². The van der Waals surface area contributed by atoms with Crippen molar-refractivity contribution in [2.75, 3.05) is 17.2 Å². The third kappa shape index (κ3) is 4.83. The number of nitrogens with zero attached hydrogens (tertiary/aromatic N) is 1. The van der Waals surface area contributed by atoms with Gasteiger partial charge in [-0.05, 0) is 18.7 Å². The van der Waals surface area contributed by atoms with Gasteiger partial charge in [0.25, 0.3) is 5.56 Å². The maximum atomic E-state index is 11.7. The highest BCUT2D eigenvalue weighted by Gasteiger charge is 2.08. The number of carbonyl (C=O) groups is 1. The predicted octanol–water partition coefficient (Wildman–Crippen LogP) is 0.688. The van der Waals surface area contributed by atoms with Gasteiger partial charge in [0.15, 0.2) is 0 Å². The van der Waals surface area contributed by atoms with Crippen molar-refractivity contribution in [3.05, 3.63) is 28.7 Å². The van der Waals surface area contributed by atoms with E-state index in [0.29, 0.717) is 5.69 Å². The van der Waals surface area contributed by atoms with E-state index in [0.717, 1.165) is 11.5 Å². The molecule has 0 fully saturated rings. The summed E-state index contributed by atoms with van der Waals surface area (Å²) in [7, 11) is 0. The molecule has 0 saturated heterocycles. The third-order valence-corrected chi connectivity index (χ3v) is 3.44. The topological polar surface area (TPSA) is 77.1 Å². The number of thioether (sulfide) groups is 1. The van der Waals surface area contributed by atoms with E-state index >= 15 is 0 Å². The molecule has 18 heavy (non-hydrogen) atoms. The normalized spacial score (nSPS) is 12.1. The molecule has 1 unspecified atom stereocenters. The van der Waals surface area contributed by atoms with Crippen LogP contribution < -0.4 is 16.6 Å². The van der Waals surface area contributed by atoms with Gasteiger partial charge in [-0.1, -0.05) is 6.92 Å². The predicted molar refractivity (Wildman–Crippen MR) is 75.7 cm³/mol. The molecule has 1 heterocycles. The summed E-state index contributed by atoms with van der Waals surface area (Å²) in [6.45, 7) is 4.03. The van der Waals surface area contributed by atoms with Gasteiger partial charge in [0.1, 0.15) is 6.54 Å². The van der Waals surface area contributed by atoms with Crippen LogP contribution in [0.2, 0.25) is 0 Å². The Balaban J connectivity index is 2.54. The minimum Gasteiger partial charge on any atom is -0.398 e. The maximum absolute atomic E-state index is 11.7. The number of nitrogens with one attached hydrogen (secondary N) is 1. The number of nitrogen functional groups attached to an aromatic ring is 1. The molecule has 1 rings (SSSR count). The Morgan fingerprint density at radius 1 is 1.56 bits per heavy atom. The monoisotopic (exact) mass is 269 g/mol. The number of hydrogen-bond acceptors (Lipinski definition) is 4. The Bertz CT molecular complexity index is 459. The second-order valence-electron chi connectivity index (χ2n) is 4.06. The Morgan fingerprint density at radius 3 is 2.94 bits per heavy atom. The quantitative estimate of drug-likeness (QED) is 0.796. The average molecular weight is 269 g/mol. The first-order chi connectivity index (χ1) is 8.52. The number of rotatable bonds is 6. The van der Waals surface area contributed by atoms with Crippen molar-refractivity contribution in [3.8, 4) is 0 Å². The van der Waals surface area contributed by atoms with Crippen LogP contribution in [-0.4, -0.2) is 28.0 Å². The molecule has 3 N–H and O–H groups in total. The molecule has 0 saturated carbocycles. The van der Waals surface area contributed by atoms with Gasteiger partial charge in [-0.2, -0.15) is 11.8 Å². The van der Waals surface area contributed by atoms with Gasteiger partial charge < -0.3 is 15.6 Å². The lowest BCUT2D eigenvalue weighted by molar-refractivity contribution is -0.122. The zero-order valence-electron chi connectivity index (χ0n) is 10.7. The molecule has 1 amide bonds. The van der Waals surface area contributed by atoms with E-state index in [2.05, 4.69) is 12.2 Å². The Hall–Kier alpha value is -1.43. The summed E-state index contributed by atoms with van der Waals surface area (Å²) in [5.41, 5.74) is 5.82. The van der Waals surface area contributed by atoms with Crippen LogP contribution in [0.4, 0.5) is 5.69 Å². The summed E-state index contributed by atoms with van der Waals surface area (Å²) in [6.07, 6.45) is 1.48. The lowest BCUT2D eigenvalue weighted by Crippen LogP contribution is -2.38. The van der Waals surface area contributed by atoms with E-state index in [1.54, 1.807) is 11.8 Å². The number of aromatic nitrogens is 1. The molecule has 100 valence electrons. The highest BCUT2D eigenvalue weighted by atomic mass is 32.2. The van der Waals surface area contributed by atoms with Crippen molar-refractivity contribution in [1.82, 2.24) is 9.88 Å². The summed E-state index contributed by atoms with van der Waals surface area (Å²) < 4.78 is 1.31. The molecular formula is C12H19N3O2S. The van der Waals surface area contributed by atoms with Crippen LogP contribution in [0.1, 0.15) is 13.8 Å². The van der Waals surface area contributed by atoms with Gasteiger partial charge in [0.2, 0.25) is 5.91 Å². The SMILES string of the molecule is CCSCC(C)NC(=O)Cn1cc(N)ccc1=O. The number of carbonyl (C=O) groups excluding carboxylic acids is 1. The molecule has 1 aromatic heterocycles. The minimum absolute atomic E-state index is 0.00497.